The van der Waals surface area contributed by atoms with Gasteiger partial charge in [-0.15, -0.1) is 12.3 Å². The van der Waals surface area contributed by atoms with Gasteiger partial charge in [-0.05, 0) is 37.1 Å². The third kappa shape index (κ3) is 7.91. The molecule has 0 atom stereocenters. The van der Waals surface area contributed by atoms with Gasteiger partial charge in [-0.3, -0.25) is 25.3 Å². The lowest BCUT2D eigenvalue weighted by Gasteiger charge is -2.27. The van der Waals surface area contributed by atoms with Gasteiger partial charge in [0.1, 0.15) is 18.1 Å². The average molecular weight is 560 g/mol. The molecule has 0 radical (unpaired) electrons. The molecular formula is C27H31F2N5O4S. The van der Waals surface area contributed by atoms with E-state index in [1.807, 2.05) is 13.8 Å². The van der Waals surface area contributed by atoms with Crippen LogP contribution in [0.1, 0.15) is 49.2 Å². The Morgan fingerprint density at radius 1 is 1.31 bits per heavy atom. The highest BCUT2D eigenvalue weighted by Gasteiger charge is 2.25. The number of hydrazone groups is 1. The fourth-order valence-corrected chi connectivity index (χ4v) is 4.14. The van der Waals surface area contributed by atoms with Gasteiger partial charge in [0.25, 0.3) is 18.2 Å². The summed E-state index contributed by atoms with van der Waals surface area (Å²) in [4.78, 5) is 30.6. The van der Waals surface area contributed by atoms with Crippen molar-refractivity contribution in [2.75, 3.05) is 37.6 Å². The zero-order valence-corrected chi connectivity index (χ0v) is 22.8. The van der Waals surface area contributed by atoms with E-state index in [9.17, 15) is 18.4 Å². The van der Waals surface area contributed by atoms with Crippen molar-refractivity contribution >= 4 is 34.4 Å². The Morgan fingerprint density at radius 2 is 2.08 bits per heavy atom. The number of benzene rings is 1. The molecule has 9 nitrogen and oxygen atoms in total. The number of nitrogens with zero attached hydrogens (tertiary/aromatic N) is 3. The Labute approximate surface area is 230 Å². The lowest BCUT2D eigenvalue weighted by atomic mass is 9.97. The number of amides is 2. The van der Waals surface area contributed by atoms with Crippen molar-refractivity contribution in [3.8, 4) is 29.2 Å². The van der Waals surface area contributed by atoms with E-state index in [4.69, 9.17) is 15.9 Å². The molecule has 12 heteroatoms. The third-order valence-corrected chi connectivity index (χ3v) is 6.40. The van der Waals surface area contributed by atoms with Crippen LogP contribution in [0.2, 0.25) is 0 Å². The van der Waals surface area contributed by atoms with Crippen molar-refractivity contribution in [2.24, 2.45) is 11.0 Å². The fraction of sp³-hybridized carbons (Fsp3) is 0.407. The van der Waals surface area contributed by atoms with Crippen LogP contribution in [0.15, 0.2) is 35.6 Å². The minimum absolute atomic E-state index is 0.0598. The smallest absolute Gasteiger partial charge is 0.280 e. The van der Waals surface area contributed by atoms with Crippen molar-refractivity contribution in [1.82, 2.24) is 15.7 Å². The Morgan fingerprint density at radius 3 is 2.64 bits per heavy atom. The largest absolute Gasteiger partial charge is 0.494 e. The quantitative estimate of drug-likeness (QED) is 0.523. The summed E-state index contributed by atoms with van der Waals surface area (Å²) in [7, 11) is 1.38. The van der Waals surface area contributed by atoms with Gasteiger partial charge >= 0.3 is 0 Å². The van der Waals surface area contributed by atoms with Crippen LogP contribution in [0.4, 0.5) is 14.5 Å². The Kier molecular flexibility index (Phi) is 11.1. The first kappa shape index (κ1) is 29.9. The third-order valence-electron chi connectivity index (χ3n) is 5.66. The van der Waals surface area contributed by atoms with Crippen molar-refractivity contribution in [3.63, 3.8) is 0 Å². The van der Waals surface area contributed by atoms with E-state index in [0.29, 0.717) is 41.4 Å². The second-order valence-electron chi connectivity index (χ2n) is 8.20. The number of thioether (sulfide) groups is 1. The van der Waals surface area contributed by atoms with E-state index < -0.39 is 18.0 Å². The number of hydrogen-bond donors (Lipinski definition) is 2. The van der Waals surface area contributed by atoms with Crippen LogP contribution in [0.25, 0.3) is 11.1 Å². The maximum atomic E-state index is 13.4. The molecule has 1 saturated heterocycles. The van der Waals surface area contributed by atoms with Crippen LogP contribution in [0.5, 0.6) is 5.75 Å². The zero-order chi connectivity index (χ0) is 28.4. The molecule has 1 saturated carbocycles. The molecule has 2 amide bonds. The number of pyridine rings is 1. The first-order valence-corrected chi connectivity index (χ1v) is 13.4. The first-order valence-electron chi connectivity index (χ1n) is 12.5. The monoisotopic (exact) mass is 559 g/mol. The predicted octanol–water partition coefficient (Wildman–Crippen LogP) is 4.41. The highest BCUT2D eigenvalue weighted by atomic mass is 32.2. The molecule has 2 aromatic rings. The summed E-state index contributed by atoms with van der Waals surface area (Å²) in [6.45, 7) is 4.63. The summed E-state index contributed by atoms with van der Waals surface area (Å²) in [6, 6.07) is 5.96. The van der Waals surface area contributed by atoms with Crippen LogP contribution >= 0.6 is 11.8 Å². The molecule has 3 heterocycles. The number of nitrogens with one attached hydrogen (secondary N) is 2. The first-order chi connectivity index (χ1) is 18.9. The van der Waals surface area contributed by atoms with Crippen LogP contribution in [-0.4, -0.2) is 54.7 Å². The van der Waals surface area contributed by atoms with Crippen molar-refractivity contribution in [3.05, 3.63) is 41.7 Å². The summed E-state index contributed by atoms with van der Waals surface area (Å²) in [5, 5.41) is 7.06. The summed E-state index contributed by atoms with van der Waals surface area (Å²) in [5.41, 5.74) is 3.57. The van der Waals surface area contributed by atoms with Crippen molar-refractivity contribution in [2.45, 2.75) is 33.1 Å². The predicted molar refractivity (Wildman–Crippen MR) is 148 cm³/mol. The zero-order valence-electron chi connectivity index (χ0n) is 22.0. The molecule has 39 heavy (non-hydrogen) atoms. The number of anilines is 1. The number of carbonyl (C=O) groups is 2. The molecule has 1 aliphatic carbocycles. The number of halogens is 2. The summed E-state index contributed by atoms with van der Waals surface area (Å²) >= 11 is 1.31. The van der Waals surface area contributed by atoms with Gasteiger partial charge in [-0.1, -0.05) is 25.6 Å². The van der Waals surface area contributed by atoms with Gasteiger partial charge in [0.05, 0.1) is 25.8 Å². The van der Waals surface area contributed by atoms with E-state index >= 15 is 0 Å². The molecule has 0 spiro atoms. The summed E-state index contributed by atoms with van der Waals surface area (Å²) in [6.07, 6.45) is 5.91. The van der Waals surface area contributed by atoms with Gasteiger partial charge in [-0.2, -0.15) is 5.10 Å². The molecule has 1 aromatic carbocycles. The SMILES string of the molecule is C#CC1CC1.CC.COc1cnc(C(F)F)cc1-c1cc(N2CCOCC2=O)ccc1C(=O)NC1=NNCS1. The minimum Gasteiger partial charge on any atom is -0.494 e. The van der Waals surface area contributed by atoms with Gasteiger partial charge in [0.2, 0.25) is 0 Å². The molecule has 1 aromatic heterocycles. The highest BCUT2D eigenvalue weighted by molar-refractivity contribution is 8.14. The molecule has 2 N–H and O–H groups in total. The van der Waals surface area contributed by atoms with Crippen LogP contribution in [-0.2, 0) is 9.53 Å². The van der Waals surface area contributed by atoms with Crippen molar-refractivity contribution < 1.29 is 27.8 Å². The molecule has 208 valence electrons. The lowest BCUT2D eigenvalue weighted by Crippen LogP contribution is -2.41. The average Bonchev–Trinajstić information content (AvgIpc) is 3.68. The number of terminal acetylenes is 1. The number of alkyl halides is 2. The topological polar surface area (TPSA) is 105 Å². The molecule has 5 rings (SSSR count). The molecule has 2 aliphatic heterocycles. The van der Waals surface area contributed by atoms with Gasteiger partial charge in [0, 0.05) is 34.8 Å². The molecule has 2 fully saturated rings. The summed E-state index contributed by atoms with van der Waals surface area (Å²) < 4.78 is 37.3. The van der Waals surface area contributed by atoms with E-state index in [1.54, 1.807) is 12.1 Å². The van der Waals surface area contributed by atoms with E-state index in [1.165, 1.54) is 54.9 Å². The number of hydrogen-bond acceptors (Lipinski definition) is 8. The molecule has 0 bridgehead atoms. The van der Waals surface area contributed by atoms with E-state index in [-0.39, 0.29) is 29.4 Å². The second kappa shape index (κ2) is 14.5. The van der Waals surface area contributed by atoms with Crippen molar-refractivity contribution in [1.29, 1.82) is 0 Å². The summed E-state index contributed by atoms with van der Waals surface area (Å²) in [5.74, 6) is 3.32. The maximum Gasteiger partial charge on any atom is 0.280 e. The van der Waals surface area contributed by atoms with Gasteiger partial charge in [-0.25, -0.2) is 8.78 Å². The maximum absolute atomic E-state index is 13.4. The Bertz CT molecular complexity index is 1250. The number of amidine groups is 1. The Hall–Kier alpha value is -3.69. The van der Waals surface area contributed by atoms with Gasteiger partial charge < -0.3 is 14.4 Å². The number of methoxy groups -OCH3 is 1. The van der Waals surface area contributed by atoms with Gasteiger partial charge in [0.15, 0.2) is 5.17 Å². The minimum atomic E-state index is -2.81. The number of ether oxygens (including phenoxy) is 2. The molecule has 3 aliphatic rings. The van der Waals surface area contributed by atoms with E-state index in [0.717, 1.165) is 0 Å². The van der Waals surface area contributed by atoms with Crippen LogP contribution in [0.3, 0.4) is 0 Å². The number of rotatable bonds is 5. The normalized spacial score (nSPS) is 16.1. The lowest BCUT2D eigenvalue weighted by molar-refractivity contribution is -0.125. The standard InChI is InChI=1S/C20H19F2N5O4S.C5H6.C2H6/c1-30-16-8-23-15(18(21)22)7-14(16)13-6-11(27-4-5-31-9-17(27)28)2-3-12(13)19(29)25-20-26-24-10-32-20;1-2-5-3-4-5;1-2/h2-3,6-8,18,24H,4-5,9-10H2,1H3,(H,25,26,29);1,5H,3-4H2;1-2H3. The van der Waals surface area contributed by atoms with E-state index in [2.05, 4.69) is 26.7 Å². The number of morpholine rings is 1. The number of aromatic nitrogens is 1. The number of carbonyl (C=O) groups excluding carboxylic acids is 2. The highest BCUT2D eigenvalue weighted by Crippen LogP contribution is 2.37. The Balaban J connectivity index is 0.000000530. The van der Waals surface area contributed by atoms with Crippen LogP contribution < -0.4 is 20.4 Å². The van der Waals surface area contributed by atoms with Crippen LogP contribution in [0, 0.1) is 18.3 Å². The fourth-order valence-electron chi connectivity index (χ4n) is 3.58. The molecular weight excluding hydrogens is 528 g/mol. The molecule has 0 unspecified atom stereocenters. The second-order valence-corrected chi connectivity index (χ2v) is 9.16.